The quantitative estimate of drug-likeness (QED) is 0.908. The number of amides is 1. The summed E-state index contributed by atoms with van der Waals surface area (Å²) in [5.41, 5.74) is 1.75. The number of hydrogen-bond donors (Lipinski definition) is 1. The maximum absolute atomic E-state index is 12.1. The number of benzene rings is 1. The minimum Gasteiger partial charge on any atom is -0.481 e. The van der Waals surface area contributed by atoms with Crippen LogP contribution in [0.25, 0.3) is 0 Å². The minimum absolute atomic E-state index is 0.0593. The van der Waals surface area contributed by atoms with E-state index in [9.17, 15) is 4.79 Å². The van der Waals surface area contributed by atoms with Gasteiger partial charge in [0.1, 0.15) is 0 Å². The Morgan fingerprint density at radius 2 is 2.05 bits per heavy atom. The second kappa shape index (κ2) is 6.70. The maximum Gasteiger partial charge on any atom is 0.251 e. The van der Waals surface area contributed by atoms with E-state index >= 15 is 0 Å². The average Bonchev–Trinajstić information content (AvgIpc) is 2.48. The molecule has 0 aliphatic heterocycles. The molecule has 0 aliphatic rings. The van der Waals surface area contributed by atoms with Gasteiger partial charge in [-0.05, 0) is 25.0 Å². The molecule has 0 aliphatic carbocycles. The second-order valence-corrected chi connectivity index (χ2v) is 4.65. The number of rotatable bonds is 5. The van der Waals surface area contributed by atoms with Crippen LogP contribution in [0.1, 0.15) is 22.8 Å². The predicted octanol–water partition coefficient (Wildman–Crippen LogP) is 2.45. The first-order chi connectivity index (χ1) is 9.69. The van der Waals surface area contributed by atoms with Crippen molar-refractivity contribution in [3.63, 3.8) is 0 Å². The highest BCUT2D eigenvalue weighted by Gasteiger charge is 2.11. The first-order valence-electron chi connectivity index (χ1n) is 6.54. The van der Waals surface area contributed by atoms with E-state index < -0.39 is 0 Å². The zero-order chi connectivity index (χ0) is 14.4. The lowest BCUT2D eigenvalue weighted by Crippen LogP contribution is -2.34. The van der Waals surface area contributed by atoms with Crippen LogP contribution < -0.4 is 10.1 Å². The molecule has 1 heterocycles. The highest BCUT2D eigenvalue weighted by Crippen LogP contribution is 2.09. The van der Waals surface area contributed by atoms with Gasteiger partial charge < -0.3 is 10.1 Å². The summed E-state index contributed by atoms with van der Waals surface area (Å²) in [5.74, 6) is 0.322. The van der Waals surface area contributed by atoms with Gasteiger partial charge in [-0.2, -0.15) is 0 Å². The van der Waals surface area contributed by atoms with Gasteiger partial charge in [-0.25, -0.2) is 4.98 Å². The lowest BCUT2D eigenvalue weighted by Gasteiger charge is -2.14. The van der Waals surface area contributed by atoms with E-state index in [1.54, 1.807) is 18.3 Å². The lowest BCUT2D eigenvalue weighted by atomic mass is 10.1. The van der Waals surface area contributed by atoms with E-state index in [-0.39, 0.29) is 11.9 Å². The van der Waals surface area contributed by atoms with Gasteiger partial charge in [0.05, 0.1) is 7.11 Å². The minimum atomic E-state index is -0.117. The van der Waals surface area contributed by atoms with Crippen molar-refractivity contribution >= 4 is 5.91 Å². The van der Waals surface area contributed by atoms with Crippen molar-refractivity contribution in [2.75, 3.05) is 7.11 Å². The summed E-state index contributed by atoms with van der Waals surface area (Å²) in [5, 5.41) is 2.97. The van der Waals surface area contributed by atoms with E-state index in [0.29, 0.717) is 11.4 Å². The normalized spacial score (nSPS) is 11.7. The van der Waals surface area contributed by atoms with E-state index in [2.05, 4.69) is 22.4 Å². The molecule has 0 bridgehead atoms. The van der Waals surface area contributed by atoms with E-state index in [4.69, 9.17) is 4.74 Å². The third-order valence-electron chi connectivity index (χ3n) is 2.97. The summed E-state index contributed by atoms with van der Waals surface area (Å²) < 4.78 is 5.01. The lowest BCUT2D eigenvalue weighted by molar-refractivity contribution is 0.0939. The molecule has 0 fully saturated rings. The second-order valence-electron chi connectivity index (χ2n) is 4.65. The van der Waals surface area contributed by atoms with Gasteiger partial charge in [-0.15, -0.1) is 0 Å². The molecule has 2 aromatic rings. The summed E-state index contributed by atoms with van der Waals surface area (Å²) in [7, 11) is 1.53. The number of pyridine rings is 1. The van der Waals surface area contributed by atoms with Gasteiger partial charge in [0.15, 0.2) is 0 Å². The Hall–Kier alpha value is -2.36. The molecule has 1 N–H and O–H groups in total. The van der Waals surface area contributed by atoms with Gasteiger partial charge >= 0.3 is 0 Å². The van der Waals surface area contributed by atoms with Crippen LogP contribution in [0, 0.1) is 0 Å². The Bertz CT molecular complexity index is 570. The summed E-state index contributed by atoms with van der Waals surface area (Å²) in [4.78, 5) is 16.1. The van der Waals surface area contributed by atoms with E-state index in [1.165, 1.54) is 12.7 Å². The molecule has 0 saturated heterocycles. The monoisotopic (exact) mass is 270 g/mol. The average molecular weight is 270 g/mol. The van der Waals surface area contributed by atoms with Crippen LogP contribution >= 0.6 is 0 Å². The Morgan fingerprint density at radius 1 is 1.30 bits per heavy atom. The van der Waals surface area contributed by atoms with E-state index in [0.717, 1.165) is 6.42 Å². The number of aromatic nitrogens is 1. The van der Waals surface area contributed by atoms with Crippen LogP contribution in [0.2, 0.25) is 0 Å². The number of nitrogens with zero attached hydrogens (tertiary/aromatic N) is 1. The molecular formula is C16H18N2O2. The van der Waals surface area contributed by atoms with Crippen LogP contribution in [-0.2, 0) is 6.42 Å². The molecule has 104 valence electrons. The molecule has 4 heteroatoms. The summed E-state index contributed by atoms with van der Waals surface area (Å²) in [6, 6.07) is 13.4. The molecule has 1 aromatic heterocycles. The largest absolute Gasteiger partial charge is 0.481 e. The van der Waals surface area contributed by atoms with Crippen LogP contribution in [0.15, 0.2) is 48.7 Å². The number of nitrogens with one attached hydrogen (secondary N) is 1. The van der Waals surface area contributed by atoms with Gasteiger partial charge in [0.2, 0.25) is 5.88 Å². The standard InChI is InChI=1S/C16H18N2O2/c1-12(10-13-6-4-3-5-7-13)18-16(19)14-8-9-17-15(11-14)20-2/h3-9,11-12H,10H2,1-2H3,(H,18,19)/t12-/m0/s1. The Kier molecular flexibility index (Phi) is 4.71. The third-order valence-corrected chi connectivity index (χ3v) is 2.97. The van der Waals surface area contributed by atoms with Gasteiger partial charge in [0, 0.05) is 23.9 Å². The fraction of sp³-hybridized carbons (Fsp3) is 0.250. The van der Waals surface area contributed by atoms with Crippen molar-refractivity contribution in [3.8, 4) is 5.88 Å². The molecule has 4 nitrogen and oxygen atoms in total. The number of methoxy groups -OCH3 is 1. The Labute approximate surface area is 118 Å². The first kappa shape index (κ1) is 14.1. The van der Waals surface area contributed by atoms with Gasteiger partial charge in [-0.3, -0.25) is 4.79 Å². The van der Waals surface area contributed by atoms with Crippen molar-refractivity contribution in [3.05, 3.63) is 59.8 Å². The highest BCUT2D eigenvalue weighted by molar-refractivity contribution is 5.94. The predicted molar refractivity (Wildman–Crippen MR) is 77.9 cm³/mol. The fourth-order valence-electron chi connectivity index (χ4n) is 1.99. The van der Waals surface area contributed by atoms with Crippen molar-refractivity contribution in [2.45, 2.75) is 19.4 Å². The van der Waals surface area contributed by atoms with E-state index in [1.807, 2.05) is 25.1 Å². The molecule has 0 radical (unpaired) electrons. The maximum atomic E-state index is 12.1. The molecule has 1 atom stereocenters. The molecular weight excluding hydrogens is 252 g/mol. The SMILES string of the molecule is COc1cc(C(=O)N[C@@H](C)Cc2ccccc2)ccn1. The zero-order valence-corrected chi connectivity index (χ0v) is 11.7. The zero-order valence-electron chi connectivity index (χ0n) is 11.7. The van der Waals surface area contributed by atoms with Crippen molar-refractivity contribution in [2.24, 2.45) is 0 Å². The van der Waals surface area contributed by atoms with Gasteiger partial charge in [0.25, 0.3) is 5.91 Å². The third kappa shape index (κ3) is 3.82. The Morgan fingerprint density at radius 3 is 2.75 bits per heavy atom. The van der Waals surface area contributed by atoms with Crippen LogP contribution in [0.4, 0.5) is 0 Å². The van der Waals surface area contributed by atoms with Crippen LogP contribution in [0.5, 0.6) is 5.88 Å². The molecule has 0 saturated carbocycles. The molecule has 2 rings (SSSR count). The topological polar surface area (TPSA) is 51.2 Å². The molecule has 0 spiro atoms. The first-order valence-corrected chi connectivity index (χ1v) is 6.54. The fourth-order valence-corrected chi connectivity index (χ4v) is 1.99. The summed E-state index contributed by atoms with van der Waals surface area (Å²) >= 11 is 0. The van der Waals surface area contributed by atoms with Crippen LogP contribution in [-0.4, -0.2) is 24.0 Å². The molecule has 0 unspecified atom stereocenters. The number of ether oxygens (including phenoxy) is 1. The summed E-state index contributed by atoms with van der Waals surface area (Å²) in [6.07, 6.45) is 2.37. The van der Waals surface area contributed by atoms with Crippen molar-refractivity contribution in [1.82, 2.24) is 10.3 Å². The molecule has 1 amide bonds. The van der Waals surface area contributed by atoms with Crippen LogP contribution in [0.3, 0.4) is 0 Å². The number of hydrogen-bond acceptors (Lipinski definition) is 3. The molecule has 1 aromatic carbocycles. The summed E-state index contributed by atoms with van der Waals surface area (Å²) in [6.45, 7) is 1.99. The molecule has 20 heavy (non-hydrogen) atoms. The number of carbonyl (C=O) groups is 1. The smallest absolute Gasteiger partial charge is 0.251 e. The Balaban J connectivity index is 1.96. The van der Waals surface area contributed by atoms with Gasteiger partial charge in [-0.1, -0.05) is 30.3 Å². The van der Waals surface area contributed by atoms with Crippen molar-refractivity contribution < 1.29 is 9.53 Å². The highest BCUT2D eigenvalue weighted by atomic mass is 16.5. The number of carbonyl (C=O) groups excluding carboxylic acids is 1. The van der Waals surface area contributed by atoms with Crippen molar-refractivity contribution in [1.29, 1.82) is 0 Å².